The molecule has 1 aliphatic rings. The zero-order valence-corrected chi connectivity index (χ0v) is 11.2. The largest absolute Gasteiger partial charge is 0.493 e. The molecule has 1 heterocycles. The molecule has 0 aliphatic heterocycles. The summed E-state index contributed by atoms with van der Waals surface area (Å²) in [4.78, 5) is 0. The SMILES string of the molecule is Nc1oncc1-c1cc(Cl)cc(OCC2CCC2)c1. The van der Waals surface area contributed by atoms with Crippen LogP contribution in [-0.2, 0) is 0 Å². The lowest BCUT2D eigenvalue weighted by Gasteiger charge is -2.25. The van der Waals surface area contributed by atoms with Crippen LogP contribution in [0.15, 0.2) is 28.9 Å². The van der Waals surface area contributed by atoms with Crippen LogP contribution in [0.2, 0.25) is 5.02 Å². The smallest absolute Gasteiger partial charge is 0.229 e. The number of hydrogen-bond donors (Lipinski definition) is 1. The monoisotopic (exact) mass is 278 g/mol. The molecule has 100 valence electrons. The Balaban J connectivity index is 1.81. The number of ether oxygens (including phenoxy) is 1. The van der Waals surface area contributed by atoms with Crippen molar-refractivity contribution in [1.29, 1.82) is 0 Å². The number of rotatable bonds is 4. The minimum atomic E-state index is 0.284. The Bertz CT molecular complexity index is 579. The van der Waals surface area contributed by atoms with Gasteiger partial charge in [-0.05, 0) is 42.5 Å². The molecular weight excluding hydrogens is 264 g/mol. The van der Waals surface area contributed by atoms with Crippen molar-refractivity contribution in [2.24, 2.45) is 5.92 Å². The van der Waals surface area contributed by atoms with E-state index in [0.717, 1.165) is 23.5 Å². The normalized spacial score (nSPS) is 15.2. The minimum absolute atomic E-state index is 0.284. The number of hydrogen-bond acceptors (Lipinski definition) is 4. The summed E-state index contributed by atoms with van der Waals surface area (Å²) in [7, 11) is 0. The van der Waals surface area contributed by atoms with E-state index in [0.29, 0.717) is 10.9 Å². The van der Waals surface area contributed by atoms with Gasteiger partial charge in [-0.3, -0.25) is 0 Å². The van der Waals surface area contributed by atoms with Crippen LogP contribution < -0.4 is 10.5 Å². The zero-order valence-electron chi connectivity index (χ0n) is 10.4. The second-order valence-corrected chi connectivity index (χ2v) is 5.32. The maximum absolute atomic E-state index is 6.11. The molecule has 0 bridgehead atoms. The molecule has 0 spiro atoms. The topological polar surface area (TPSA) is 61.3 Å². The third-order valence-electron chi connectivity index (χ3n) is 3.49. The first-order valence-electron chi connectivity index (χ1n) is 6.36. The van der Waals surface area contributed by atoms with Crippen LogP contribution in [0.1, 0.15) is 19.3 Å². The Kier molecular flexibility index (Phi) is 3.34. The van der Waals surface area contributed by atoms with Crippen LogP contribution in [0.25, 0.3) is 11.1 Å². The van der Waals surface area contributed by atoms with Gasteiger partial charge in [0.1, 0.15) is 5.75 Å². The van der Waals surface area contributed by atoms with Gasteiger partial charge in [0.25, 0.3) is 0 Å². The first kappa shape index (κ1) is 12.4. The van der Waals surface area contributed by atoms with Crippen LogP contribution in [0.3, 0.4) is 0 Å². The van der Waals surface area contributed by atoms with Crippen molar-refractivity contribution >= 4 is 17.5 Å². The standard InChI is InChI=1S/C14H15ClN2O2/c15-11-4-10(13-7-17-19-14(13)16)5-12(6-11)18-8-9-2-1-3-9/h4-7,9H,1-3,8,16H2. The molecule has 0 unspecified atom stereocenters. The fourth-order valence-electron chi connectivity index (χ4n) is 2.14. The van der Waals surface area contributed by atoms with E-state index in [2.05, 4.69) is 5.16 Å². The van der Waals surface area contributed by atoms with Gasteiger partial charge in [-0.15, -0.1) is 0 Å². The van der Waals surface area contributed by atoms with Crippen LogP contribution >= 0.6 is 11.6 Å². The highest BCUT2D eigenvalue weighted by Gasteiger charge is 2.18. The lowest BCUT2D eigenvalue weighted by molar-refractivity contribution is 0.180. The van der Waals surface area contributed by atoms with Crippen LogP contribution in [-0.4, -0.2) is 11.8 Å². The predicted molar refractivity (Wildman–Crippen MR) is 74.2 cm³/mol. The highest BCUT2D eigenvalue weighted by molar-refractivity contribution is 6.31. The second kappa shape index (κ2) is 5.13. The molecule has 3 rings (SSSR count). The van der Waals surface area contributed by atoms with Crippen LogP contribution in [0.4, 0.5) is 5.88 Å². The zero-order chi connectivity index (χ0) is 13.2. The summed E-state index contributed by atoms with van der Waals surface area (Å²) in [5.41, 5.74) is 7.30. The summed E-state index contributed by atoms with van der Waals surface area (Å²) >= 11 is 6.11. The molecular formula is C14H15ClN2O2. The van der Waals surface area contributed by atoms with E-state index in [1.807, 2.05) is 18.2 Å². The molecule has 4 nitrogen and oxygen atoms in total. The number of anilines is 1. The number of halogens is 1. The highest BCUT2D eigenvalue weighted by Crippen LogP contribution is 2.33. The molecule has 0 atom stereocenters. The van der Waals surface area contributed by atoms with Crippen molar-refractivity contribution in [2.75, 3.05) is 12.3 Å². The van der Waals surface area contributed by atoms with Crippen molar-refractivity contribution in [3.63, 3.8) is 0 Å². The molecule has 1 aromatic heterocycles. The van der Waals surface area contributed by atoms with Crippen LogP contribution in [0.5, 0.6) is 5.75 Å². The third kappa shape index (κ3) is 2.68. The number of nitrogens with zero attached hydrogens (tertiary/aromatic N) is 1. The van der Waals surface area contributed by atoms with E-state index in [-0.39, 0.29) is 5.88 Å². The molecule has 0 saturated heterocycles. The van der Waals surface area contributed by atoms with Gasteiger partial charge in [0, 0.05) is 5.02 Å². The van der Waals surface area contributed by atoms with Gasteiger partial charge in [0.2, 0.25) is 5.88 Å². The maximum Gasteiger partial charge on any atom is 0.229 e. The summed E-state index contributed by atoms with van der Waals surface area (Å²) in [5.74, 6) is 1.73. The summed E-state index contributed by atoms with van der Waals surface area (Å²) in [6, 6.07) is 5.54. The van der Waals surface area contributed by atoms with E-state index in [1.165, 1.54) is 19.3 Å². The molecule has 0 radical (unpaired) electrons. The Morgan fingerprint density at radius 2 is 2.21 bits per heavy atom. The van der Waals surface area contributed by atoms with E-state index < -0.39 is 0 Å². The number of nitrogen functional groups attached to an aromatic ring is 1. The Hall–Kier alpha value is -1.68. The van der Waals surface area contributed by atoms with Crippen molar-refractivity contribution in [1.82, 2.24) is 5.16 Å². The predicted octanol–water partition coefficient (Wildman–Crippen LogP) is 3.76. The third-order valence-corrected chi connectivity index (χ3v) is 3.71. The van der Waals surface area contributed by atoms with E-state index >= 15 is 0 Å². The molecule has 5 heteroatoms. The number of aromatic nitrogens is 1. The summed E-state index contributed by atoms with van der Waals surface area (Å²) < 4.78 is 10.7. The first-order valence-corrected chi connectivity index (χ1v) is 6.74. The minimum Gasteiger partial charge on any atom is -0.493 e. The van der Waals surface area contributed by atoms with Gasteiger partial charge >= 0.3 is 0 Å². The van der Waals surface area contributed by atoms with Crippen molar-refractivity contribution in [3.05, 3.63) is 29.4 Å². The molecule has 1 aromatic carbocycles. The molecule has 19 heavy (non-hydrogen) atoms. The number of nitrogens with two attached hydrogens (primary N) is 1. The molecule has 2 N–H and O–H groups in total. The van der Waals surface area contributed by atoms with Gasteiger partial charge in [0.05, 0.1) is 18.4 Å². The fraction of sp³-hybridized carbons (Fsp3) is 0.357. The van der Waals surface area contributed by atoms with Crippen molar-refractivity contribution in [2.45, 2.75) is 19.3 Å². The van der Waals surface area contributed by atoms with Crippen molar-refractivity contribution < 1.29 is 9.26 Å². The van der Waals surface area contributed by atoms with Crippen LogP contribution in [0, 0.1) is 5.92 Å². The van der Waals surface area contributed by atoms with E-state index in [9.17, 15) is 0 Å². The van der Waals surface area contributed by atoms with Gasteiger partial charge < -0.3 is 15.0 Å². The van der Waals surface area contributed by atoms with Gasteiger partial charge in [-0.2, -0.15) is 0 Å². The Morgan fingerprint density at radius 1 is 1.37 bits per heavy atom. The lowest BCUT2D eigenvalue weighted by Crippen LogP contribution is -2.19. The average Bonchev–Trinajstić information content (AvgIpc) is 2.73. The summed E-state index contributed by atoms with van der Waals surface area (Å²) in [6.07, 6.45) is 5.40. The molecule has 1 aliphatic carbocycles. The summed E-state index contributed by atoms with van der Waals surface area (Å²) in [6.45, 7) is 0.749. The van der Waals surface area contributed by atoms with Gasteiger partial charge in [-0.25, -0.2) is 0 Å². The van der Waals surface area contributed by atoms with Gasteiger partial charge in [-0.1, -0.05) is 23.2 Å². The highest BCUT2D eigenvalue weighted by atomic mass is 35.5. The Labute approximate surface area is 116 Å². The fourth-order valence-corrected chi connectivity index (χ4v) is 2.37. The molecule has 1 fully saturated rings. The maximum atomic E-state index is 6.11. The second-order valence-electron chi connectivity index (χ2n) is 4.89. The quantitative estimate of drug-likeness (QED) is 0.925. The average molecular weight is 279 g/mol. The van der Waals surface area contributed by atoms with E-state index in [1.54, 1.807) is 6.20 Å². The first-order chi connectivity index (χ1) is 9.22. The van der Waals surface area contributed by atoms with Gasteiger partial charge in [0.15, 0.2) is 0 Å². The molecule has 2 aromatic rings. The number of benzene rings is 1. The molecule has 0 amide bonds. The van der Waals surface area contributed by atoms with E-state index in [4.69, 9.17) is 26.6 Å². The van der Waals surface area contributed by atoms with Crippen molar-refractivity contribution in [3.8, 4) is 16.9 Å². The summed E-state index contributed by atoms with van der Waals surface area (Å²) in [5, 5.41) is 4.28. The molecule has 1 saturated carbocycles. The Morgan fingerprint density at radius 3 is 2.84 bits per heavy atom. The lowest BCUT2D eigenvalue weighted by atomic mass is 9.86.